The summed E-state index contributed by atoms with van der Waals surface area (Å²) < 4.78 is 0.757. The Balaban J connectivity index is 1.63. The molecule has 1 aliphatic carbocycles. The van der Waals surface area contributed by atoms with E-state index in [1.54, 1.807) is 12.3 Å². The van der Waals surface area contributed by atoms with Crippen molar-refractivity contribution in [2.45, 2.75) is 31.3 Å². The van der Waals surface area contributed by atoms with E-state index in [2.05, 4.69) is 31.1 Å². The Bertz CT molecular complexity index is 507. The molecule has 1 unspecified atom stereocenters. The minimum atomic E-state index is -0.138. The van der Waals surface area contributed by atoms with Crippen LogP contribution < -0.4 is 5.32 Å². The molecule has 0 bridgehead atoms. The third-order valence-corrected chi connectivity index (χ3v) is 4.40. The van der Waals surface area contributed by atoms with Crippen molar-refractivity contribution >= 4 is 33.4 Å². The number of nitrogens with one attached hydrogen (secondary N) is 1. The van der Waals surface area contributed by atoms with Crippen molar-refractivity contribution in [1.29, 1.82) is 0 Å². The molecule has 6 heteroatoms. The van der Waals surface area contributed by atoms with Gasteiger partial charge < -0.3 is 5.32 Å². The van der Waals surface area contributed by atoms with Gasteiger partial charge in [-0.05, 0) is 41.3 Å². The van der Waals surface area contributed by atoms with E-state index in [0.717, 1.165) is 30.0 Å². The number of carbonyl (C=O) groups is 1. The number of halogens is 2. The first kappa shape index (κ1) is 13.3. The van der Waals surface area contributed by atoms with E-state index >= 15 is 0 Å². The average molecular weight is 345 g/mol. The summed E-state index contributed by atoms with van der Waals surface area (Å²) in [6, 6.07) is 2.69. The lowest BCUT2D eigenvalue weighted by Gasteiger charge is -2.16. The van der Waals surface area contributed by atoms with Crippen LogP contribution in [-0.2, 0) is 0 Å². The lowest BCUT2D eigenvalue weighted by atomic mass is 10.2. The highest BCUT2D eigenvalue weighted by atomic mass is 79.9. The van der Waals surface area contributed by atoms with Crippen LogP contribution in [0.1, 0.15) is 29.6 Å². The molecule has 0 radical (unpaired) electrons. The number of amides is 1. The molecule has 1 saturated carbocycles. The molecular formula is C13H15BrClN3O. The molecule has 1 aromatic heterocycles. The summed E-state index contributed by atoms with van der Waals surface area (Å²) in [5, 5.41) is 3.30. The minimum absolute atomic E-state index is 0.138. The predicted molar refractivity (Wildman–Crippen MR) is 77.4 cm³/mol. The van der Waals surface area contributed by atoms with Crippen molar-refractivity contribution < 1.29 is 4.79 Å². The van der Waals surface area contributed by atoms with Gasteiger partial charge in [-0.25, -0.2) is 4.98 Å². The normalized spacial score (nSPS) is 23.6. The largest absolute Gasteiger partial charge is 0.348 e. The van der Waals surface area contributed by atoms with Gasteiger partial charge in [0.25, 0.3) is 5.91 Å². The highest BCUT2D eigenvalue weighted by Gasteiger charge is 2.35. The van der Waals surface area contributed by atoms with Crippen LogP contribution in [0.5, 0.6) is 0 Å². The zero-order valence-electron chi connectivity index (χ0n) is 10.4. The monoisotopic (exact) mass is 343 g/mol. The van der Waals surface area contributed by atoms with E-state index in [9.17, 15) is 4.79 Å². The van der Waals surface area contributed by atoms with Gasteiger partial charge in [-0.3, -0.25) is 9.69 Å². The number of aromatic nitrogens is 1. The lowest BCUT2D eigenvalue weighted by Crippen LogP contribution is -2.37. The Morgan fingerprint density at radius 1 is 1.47 bits per heavy atom. The van der Waals surface area contributed by atoms with Crippen LogP contribution in [0.15, 0.2) is 16.7 Å². The Labute approximate surface area is 125 Å². The summed E-state index contributed by atoms with van der Waals surface area (Å²) in [6.45, 7) is 2.04. The van der Waals surface area contributed by atoms with E-state index in [1.807, 2.05) is 0 Å². The number of nitrogens with zero attached hydrogens (tertiary/aromatic N) is 2. The Morgan fingerprint density at radius 2 is 2.26 bits per heavy atom. The van der Waals surface area contributed by atoms with Crippen LogP contribution in [0.25, 0.3) is 0 Å². The molecule has 4 nitrogen and oxygen atoms in total. The molecule has 19 heavy (non-hydrogen) atoms. The molecule has 102 valence electrons. The second kappa shape index (κ2) is 5.38. The molecule has 3 rings (SSSR count). The van der Waals surface area contributed by atoms with Crippen LogP contribution in [0, 0.1) is 0 Å². The minimum Gasteiger partial charge on any atom is -0.348 e. The summed E-state index contributed by atoms with van der Waals surface area (Å²) in [5.74, 6) is -0.138. The van der Waals surface area contributed by atoms with Gasteiger partial charge >= 0.3 is 0 Å². The van der Waals surface area contributed by atoms with Crippen molar-refractivity contribution in [2.75, 3.05) is 13.1 Å². The van der Waals surface area contributed by atoms with Crippen LogP contribution >= 0.6 is 27.5 Å². The third kappa shape index (κ3) is 3.09. The number of carbonyl (C=O) groups excluding carboxylic acids is 1. The highest BCUT2D eigenvalue weighted by molar-refractivity contribution is 9.10. The lowest BCUT2D eigenvalue weighted by molar-refractivity contribution is 0.0937. The first-order valence-corrected chi connectivity index (χ1v) is 7.66. The zero-order valence-corrected chi connectivity index (χ0v) is 12.7. The summed E-state index contributed by atoms with van der Waals surface area (Å²) in [5.41, 5.74) is 0.431. The van der Waals surface area contributed by atoms with Crippen LogP contribution in [0.4, 0.5) is 0 Å². The molecule has 1 atom stereocenters. The van der Waals surface area contributed by atoms with Gasteiger partial charge in [0.05, 0.1) is 5.56 Å². The van der Waals surface area contributed by atoms with E-state index in [-0.39, 0.29) is 17.1 Å². The molecule has 1 aromatic rings. The fourth-order valence-corrected chi connectivity index (χ4v) is 3.04. The molecule has 2 heterocycles. The quantitative estimate of drug-likeness (QED) is 0.857. The van der Waals surface area contributed by atoms with Crippen LogP contribution in [0.2, 0.25) is 5.15 Å². The van der Waals surface area contributed by atoms with Gasteiger partial charge in [-0.2, -0.15) is 0 Å². The Morgan fingerprint density at radius 3 is 3.00 bits per heavy atom. The fraction of sp³-hybridized carbons (Fsp3) is 0.538. The molecule has 0 aromatic carbocycles. The van der Waals surface area contributed by atoms with E-state index in [1.165, 1.54) is 12.8 Å². The number of likely N-dealkylation sites (tertiary alicyclic amines) is 1. The van der Waals surface area contributed by atoms with Crippen molar-refractivity contribution in [2.24, 2.45) is 0 Å². The topological polar surface area (TPSA) is 45.2 Å². The second-order valence-electron chi connectivity index (χ2n) is 5.18. The summed E-state index contributed by atoms with van der Waals surface area (Å²) in [7, 11) is 0. The van der Waals surface area contributed by atoms with Gasteiger partial charge in [0, 0.05) is 35.8 Å². The van der Waals surface area contributed by atoms with Gasteiger partial charge in [0.2, 0.25) is 0 Å². The SMILES string of the molecule is O=C(NC1CCN(C2CC2)C1)c1cc(Br)cnc1Cl. The maximum Gasteiger partial charge on any atom is 0.254 e. The average Bonchev–Trinajstić information content (AvgIpc) is 3.13. The van der Waals surface area contributed by atoms with Gasteiger partial charge in [-0.1, -0.05) is 11.6 Å². The standard InChI is InChI=1S/C13H15BrClN3O/c14-8-5-11(12(15)16-6-8)13(19)17-9-3-4-18(7-9)10-1-2-10/h5-6,9-10H,1-4,7H2,(H,17,19). The maximum atomic E-state index is 12.2. The van der Waals surface area contributed by atoms with E-state index in [0.29, 0.717) is 5.56 Å². The highest BCUT2D eigenvalue weighted by Crippen LogP contribution is 2.30. The van der Waals surface area contributed by atoms with Crippen molar-refractivity contribution in [3.8, 4) is 0 Å². The predicted octanol–water partition coefficient (Wildman–Crippen LogP) is 2.46. The fourth-order valence-electron chi connectivity index (χ4n) is 2.52. The van der Waals surface area contributed by atoms with Crippen LogP contribution in [0.3, 0.4) is 0 Å². The molecule has 2 aliphatic rings. The molecule has 1 saturated heterocycles. The van der Waals surface area contributed by atoms with E-state index < -0.39 is 0 Å². The molecular weight excluding hydrogens is 330 g/mol. The Hall–Kier alpha value is -0.650. The summed E-state index contributed by atoms with van der Waals surface area (Å²) in [4.78, 5) is 18.6. The van der Waals surface area contributed by atoms with E-state index in [4.69, 9.17) is 11.6 Å². The molecule has 1 amide bonds. The van der Waals surface area contributed by atoms with Gasteiger partial charge in [0.15, 0.2) is 0 Å². The van der Waals surface area contributed by atoms with Crippen molar-refractivity contribution in [1.82, 2.24) is 15.2 Å². The second-order valence-corrected chi connectivity index (χ2v) is 6.45. The zero-order chi connectivity index (χ0) is 13.4. The number of hydrogen-bond acceptors (Lipinski definition) is 3. The van der Waals surface area contributed by atoms with Crippen molar-refractivity contribution in [3.05, 3.63) is 27.5 Å². The molecule has 1 aliphatic heterocycles. The molecule has 1 N–H and O–H groups in total. The summed E-state index contributed by atoms with van der Waals surface area (Å²) in [6.07, 6.45) is 5.22. The molecule has 2 fully saturated rings. The molecule has 0 spiro atoms. The summed E-state index contributed by atoms with van der Waals surface area (Å²) >= 11 is 9.27. The first-order chi connectivity index (χ1) is 9.13. The number of hydrogen-bond donors (Lipinski definition) is 1. The first-order valence-electron chi connectivity index (χ1n) is 6.49. The van der Waals surface area contributed by atoms with Gasteiger partial charge in [-0.15, -0.1) is 0 Å². The van der Waals surface area contributed by atoms with Crippen LogP contribution in [-0.4, -0.2) is 41.0 Å². The van der Waals surface area contributed by atoms with Gasteiger partial charge in [0.1, 0.15) is 5.15 Å². The smallest absolute Gasteiger partial charge is 0.254 e. The van der Waals surface area contributed by atoms with Crippen molar-refractivity contribution in [3.63, 3.8) is 0 Å². The Kier molecular flexibility index (Phi) is 3.78. The number of rotatable bonds is 3. The third-order valence-electron chi connectivity index (χ3n) is 3.67. The number of pyridine rings is 1. The maximum absolute atomic E-state index is 12.2.